The van der Waals surface area contributed by atoms with Crippen LogP contribution in [0, 0.1) is 0 Å². The number of rotatable bonds is 3. The van der Waals surface area contributed by atoms with Crippen LogP contribution in [0.5, 0.6) is 0 Å². The van der Waals surface area contributed by atoms with Crippen LogP contribution in [-0.4, -0.2) is 10.8 Å². The quantitative estimate of drug-likeness (QED) is 0.877. The van der Waals surface area contributed by atoms with E-state index in [2.05, 4.69) is 4.98 Å². The number of carbonyl (C=O) groups is 1. The molecule has 0 radical (unpaired) electrons. The molecule has 0 saturated heterocycles. The normalized spacial score (nSPS) is 10.3. The molecule has 5 heteroatoms. The van der Waals surface area contributed by atoms with Gasteiger partial charge < -0.3 is 5.73 Å². The summed E-state index contributed by atoms with van der Waals surface area (Å²) in [6.45, 7) is 0. The number of Topliss-reactive ketones (excluding diaryl/α,β-unsaturated/α-hetero) is 1. The maximum Gasteiger partial charge on any atom is 0.167 e. The van der Waals surface area contributed by atoms with E-state index in [1.165, 1.54) is 0 Å². The third-order valence-corrected chi connectivity index (χ3v) is 2.90. The van der Waals surface area contributed by atoms with Gasteiger partial charge in [-0.2, -0.15) is 0 Å². The first kappa shape index (κ1) is 12.9. The summed E-state index contributed by atoms with van der Waals surface area (Å²) >= 11 is 11.7. The number of halogens is 2. The van der Waals surface area contributed by atoms with Gasteiger partial charge in [-0.3, -0.25) is 4.79 Å². The van der Waals surface area contributed by atoms with E-state index in [-0.39, 0.29) is 12.2 Å². The number of aromatic nitrogens is 1. The Bertz CT molecular complexity index is 579. The van der Waals surface area contributed by atoms with Crippen molar-refractivity contribution in [2.75, 3.05) is 5.73 Å². The van der Waals surface area contributed by atoms with Crippen LogP contribution in [0.25, 0.3) is 0 Å². The fourth-order valence-corrected chi connectivity index (χ4v) is 2.12. The monoisotopic (exact) mass is 280 g/mol. The molecule has 1 aromatic heterocycles. The van der Waals surface area contributed by atoms with Gasteiger partial charge in [0.2, 0.25) is 0 Å². The maximum atomic E-state index is 12.1. The topological polar surface area (TPSA) is 56.0 Å². The number of nitrogens with zero attached hydrogens (tertiary/aromatic N) is 1. The summed E-state index contributed by atoms with van der Waals surface area (Å²) in [5.74, 6) is 0.262. The second-order valence-corrected chi connectivity index (χ2v) is 4.68. The highest BCUT2D eigenvalue weighted by Gasteiger charge is 2.11. The van der Waals surface area contributed by atoms with Crippen molar-refractivity contribution in [2.45, 2.75) is 6.42 Å². The largest absolute Gasteiger partial charge is 0.383 e. The highest BCUT2D eigenvalue weighted by molar-refractivity contribution is 6.35. The van der Waals surface area contributed by atoms with Gasteiger partial charge in [0, 0.05) is 33.8 Å². The molecule has 1 aromatic carbocycles. The summed E-state index contributed by atoms with van der Waals surface area (Å²) in [7, 11) is 0. The number of benzene rings is 1. The lowest BCUT2D eigenvalue weighted by atomic mass is 10.0. The van der Waals surface area contributed by atoms with Crippen LogP contribution in [0.3, 0.4) is 0 Å². The van der Waals surface area contributed by atoms with Crippen molar-refractivity contribution in [1.29, 1.82) is 0 Å². The highest BCUT2D eigenvalue weighted by atomic mass is 35.5. The van der Waals surface area contributed by atoms with Gasteiger partial charge in [0.15, 0.2) is 5.78 Å². The van der Waals surface area contributed by atoms with Crippen molar-refractivity contribution in [1.82, 2.24) is 4.98 Å². The van der Waals surface area contributed by atoms with E-state index < -0.39 is 0 Å². The number of nitrogens with two attached hydrogens (primary N) is 1. The minimum absolute atomic E-state index is 0.0981. The summed E-state index contributed by atoms with van der Waals surface area (Å²) in [4.78, 5) is 16.0. The Kier molecular flexibility index (Phi) is 3.84. The smallest absolute Gasteiger partial charge is 0.167 e. The molecule has 0 bridgehead atoms. The molecule has 2 N–H and O–H groups in total. The molecule has 0 spiro atoms. The first-order valence-electron chi connectivity index (χ1n) is 5.25. The van der Waals surface area contributed by atoms with Crippen LogP contribution < -0.4 is 5.73 Å². The van der Waals surface area contributed by atoms with Crippen LogP contribution in [0.4, 0.5) is 5.82 Å². The minimum atomic E-state index is -0.0981. The summed E-state index contributed by atoms with van der Waals surface area (Å²) in [6, 6.07) is 8.26. The number of hydrogen-bond acceptors (Lipinski definition) is 3. The van der Waals surface area contributed by atoms with Gasteiger partial charge >= 0.3 is 0 Å². The van der Waals surface area contributed by atoms with E-state index in [0.717, 1.165) is 0 Å². The number of nitrogen functional groups attached to an aromatic ring is 1. The van der Waals surface area contributed by atoms with Gasteiger partial charge in [-0.15, -0.1) is 0 Å². The predicted octanol–water partition coefficient (Wildman–Crippen LogP) is 3.40. The zero-order valence-electron chi connectivity index (χ0n) is 9.36. The Hall–Kier alpha value is -1.58. The van der Waals surface area contributed by atoms with Crippen LogP contribution in [0.2, 0.25) is 10.0 Å². The van der Waals surface area contributed by atoms with E-state index in [0.29, 0.717) is 27.0 Å². The van der Waals surface area contributed by atoms with E-state index in [1.807, 2.05) is 0 Å². The van der Waals surface area contributed by atoms with Crippen molar-refractivity contribution in [3.05, 3.63) is 57.7 Å². The lowest BCUT2D eigenvalue weighted by Crippen LogP contribution is -2.06. The number of ketones is 1. The molecule has 0 aliphatic carbocycles. The summed E-state index contributed by atoms with van der Waals surface area (Å²) in [5, 5.41) is 0.870. The van der Waals surface area contributed by atoms with Crippen molar-refractivity contribution < 1.29 is 4.79 Å². The summed E-state index contributed by atoms with van der Waals surface area (Å²) in [5.41, 5.74) is 6.85. The number of pyridine rings is 1. The summed E-state index contributed by atoms with van der Waals surface area (Å²) in [6.07, 6.45) is 1.76. The number of hydrogen-bond donors (Lipinski definition) is 1. The average Bonchev–Trinajstić information content (AvgIpc) is 2.31. The first-order valence-corrected chi connectivity index (χ1v) is 6.00. The van der Waals surface area contributed by atoms with Crippen molar-refractivity contribution in [3.8, 4) is 0 Å². The van der Waals surface area contributed by atoms with E-state index in [9.17, 15) is 4.79 Å². The van der Waals surface area contributed by atoms with Gasteiger partial charge in [0.25, 0.3) is 0 Å². The van der Waals surface area contributed by atoms with Crippen LogP contribution in [0.1, 0.15) is 15.9 Å². The van der Waals surface area contributed by atoms with Gasteiger partial charge in [0.05, 0.1) is 0 Å². The molecule has 2 rings (SSSR count). The van der Waals surface area contributed by atoms with Crippen molar-refractivity contribution in [3.63, 3.8) is 0 Å². The SMILES string of the molecule is Nc1ncccc1CC(=O)c1cc(Cl)cc(Cl)c1. The molecule has 0 unspecified atom stereocenters. The fraction of sp³-hybridized carbons (Fsp3) is 0.0769. The van der Waals surface area contributed by atoms with Crippen molar-refractivity contribution in [2.24, 2.45) is 0 Å². The Balaban J connectivity index is 2.25. The van der Waals surface area contributed by atoms with Gasteiger partial charge in [-0.05, 0) is 24.3 Å². The molecular formula is C13H10Cl2N2O. The second-order valence-electron chi connectivity index (χ2n) is 3.81. The zero-order valence-corrected chi connectivity index (χ0v) is 10.9. The third-order valence-electron chi connectivity index (χ3n) is 2.46. The average molecular weight is 281 g/mol. The Morgan fingerprint density at radius 3 is 2.50 bits per heavy atom. The molecule has 0 saturated carbocycles. The predicted molar refractivity (Wildman–Crippen MR) is 73.1 cm³/mol. The molecule has 3 nitrogen and oxygen atoms in total. The van der Waals surface area contributed by atoms with Crippen molar-refractivity contribution >= 4 is 34.8 Å². The second kappa shape index (κ2) is 5.38. The molecule has 0 atom stereocenters. The standard InChI is InChI=1S/C13H10Cl2N2O/c14-10-4-9(5-11(15)7-10)12(18)6-8-2-1-3-17-13(8)16/h1-5,7H,6H2,(H2,16,17). The van der Waals surface area contributed by atoms with Crippen LogP contribution in [-0.2, 0) is 6.42 Å². The molecule has 0 fully saturated rings. The Morgan fingerprint density at radius 1 is 1.22 bits per heavy atom. The van der Waals surface area contributed by atoms with E-state index in [1.54, 1.807) is 36.5 Å². The highest BCUT2D eigenvalue weighted by Crippen LogP contribution is 2.21. The molecule has 0 aliphatic heterocycles. The third kappa shape index (κ3) is 3.00. The lowest BCUT2D eigenvalue weighted by Gasteiger charge is -2.05. The number of carbonyl (C=O) groups excluding carboxylic acids is 1. The lowest BCUT2D eigenvalue weighted by molar-refractivity contribution is 0.0993. The maximum absolute atomic E-state index is 12.1. The Morgan fingerprint density at radius 2 is 1.89 bits per heavy atom. The molecule has 0 amide bonds. The van der Waals surface area contributed by atoms with E-state index in [4.69, 9.17) is 28.9 Å². The molecule has 1 heterocycles. The fourth-order valence-electron chi connectivity index (χ4n) is 1.59. The summed E-state index contributed by atoms with van der Waals surface area (Å²) < 4.78 is 0. The zero-order chi connectivity index (χ0) is 13.1. The first-order chi connectivity index (χ1) is 8.56. The molecule has 2 aromatic rings. The number of anilines is 1. The molecule has 0 aliphatic rings. The van der Waals surface area contributed by atoms with Gasteiger partial charge in [0.1, 0.15) is 5.82 Å². The molecular weight excluding hydrogens is 271 g/mol. The molecule has 92 valence electrons. The van der Waals surface area contributed by atoms with Crippen LogP contribution >= 0.6 is 23.2 Å². The van der Waals surface area contributed by atoms with Gasteiger partial charge in [-0.1, -0.05) is 29.3 Å². The minimum Gasteiger partial charge on any atom is -0.383 e. The van der Waals surface area contributed by atoms with E-state index >= 15 is 0 Å². The van der Waals surface area contributed by atoms with Crippen LogP contribution in [0.15, 0.2) is 36.5 Å². The molecule has 18 heavy (non-hydrogen) atoms. The van der Waals surface area contributed by atoms with Gasteiger partial charge in [-0.25, -0.2) is 4.98 Å². The Labute approximate surface area is 115 Å².